The van der Waals surface area contributed by atoms with Gasteiger partial charge in [0.25, 0.3) is 0 Å². The molecule has 1 aromatic heterocycles. The number of nitrogens with one attached hydrogen (secondary N) is 1. The lowest BCUT2D eigenvalue weighted by Crippen LogP contribution is -2.35. The fourth-order valence-corrected chi connectivity index (χ4v) is 1.98. The molecule has 0 spiro atoms. The summed E-state index contributed by atoms with van der Waals surface area (Å²) in [4.78, 5) is 2.19. The second-order valence-corrected chi connectivity index (χ2v) is 6.25. The molecule has 0 aromatic carbocycles. The van der Waals surface area contributed by atoms with Crippen molar-refractivity contribution in [1.29, 1.82) is 0 Å². The van der Waals surface area contributed by atoms with Gasteiger partial charge in [-0.05, 0) is 39.5 Å². The molecule has 102 valence electrons. The van der Waals surface area contributed by atoms with Crippen LogP contribution in [0.15, 0.2) is 4.42 Å². The minimum Gasteiger partial charge on any atom is -0.407 e. The maximum absolute atomic E-state index is 5.69. The Bertz CT molecular complexity index is 375. The molecule has 1 aromatic rings. The topological polar surface area (TPSA) is 54.2 Å². The molecule has 1 saturated heterocycles. The molecule has 1 aliphatic heterocycles. The van der Waals surface area contributed by atoms with Crippen LogP contribution >= 0.6 is 0 Å². The van der Waals surface area contributed by atoms with Crippen molar-refractivity contribution in [3.63, 3.8) is 0 Å². The first kappa shape index (κ1) is 13.3. The number of aromatic nitrogens is 2. The van der Waals surface area contributed by atoms with Crippen molar-refractivity contribution in [3.8, 4) is 0 Å². The number of hydrogen-bond acceptors (Lipinski definition) is 5. The van der Waals surface area contributed by atoms with Crippen LogP contribution in [0, 0.1) is 5.92 Å². The molecular weight excluding hydrogens is 228 g/mol. The molecule has 0 unspecified atom stereocenters. The summed E-state index contributed by atoms with van der Waals surface area (Å²) < 4.78 is 5.69. The van der Waals surface area contributed by atoms with E-state index in [2.05, 4.69) is 48.1 Å². The van der Waals surface area contributed by atoms with E-state index in [-0.39, 0.29) is 5.54 Å². The monoisotopic (exact) mass is 252 g/mol. The number of rotatable bonds is 3. The van der Waals surface area contributed by atoms with Crippen LogP contribution in [0.3, 0.4) is 0 Å². The van der Waals surface area contributed by atoms with E-state index in [1.54, 1.807) is 0 Å². The van der Waals surface area contributed by atoms with Crippen LogP contribution in [0.1, 0.15) is 46.4 Å². The Balaban J connectivity index is 1.90. The van der Waals surface area contributed by atoms with Crippen molar-refractivity contribution >= 4 is 6.01 Å². The van der Waals surface area contributed by atoms with Gasteiger partial charge < -0.3 is 14.6 Å². The highest BCUT2D eigenvalue weighted by Crippen LogP contribution is 2.21. The van der Waals surface area contributed by atoms with Crippen molar-refractivity contribution < 1.29 is 4.42 Å². The smallest absolute Gasteiger partial charge is 0.318 e. The lowest BCUT2D eigenvalue weighted by molar-refractivity contribution is 0.371. The van der Waals surface area contributed by atoms with Crippen LogP contribution < -0.4 is 10.2 Å². The Kier molecular flexibility index (Phi) is 3.90. The van der Waals surface area contributed by atoms with Gasteiger partial charge in [0.15, 0.2) is 0 Å². The van der Waals surface area contributed by atoms with E-state index < -0.39 is 0 Å². The first-order chi connectivity index (χ1) is 8.44. The van der Waals surface area contributed by atoms with Gasteiger partial charge in [0, 0.05) is 18.6 Å². The fraction of sp³-hybridized carbons (Fsp3) is 0.846. The Morgan fingerprint density at radius 1 is 1.28 bits per heavy atom. The van der Waals surface area contributed by atoms with Crippen LogP contribution in [0.25, 0.3) is 0 Å². The summed E-state index contributed by atoms with van der Waals surface area (Å²) in [6.45, 7) is 11.3. The van der Waals surface area contributed by atoms with E-state index >= 15 is 0 Å². The molecule has 0 bridgehead atoms. The van der Waals surface area contributed by atoms with Crippen LogP contribution in [0.4, 0.5) is 6.01 Å². The summed E-state index contributed by atoms with van der Waals surface area (Å²) in [6.07, 6.45) is 2.41. The molecule has 0 atom stereocenters. The van der Waals surface area contributed by atoms with Crippen molar-refractivity contribution in [2.75, 3.05) is 18.0 Å². The second kappa shape index (κ2) is 5.26. The zero-order valence-corrected chi connectivity index (χ0v) is 11.9. The Morgan fingerprint density at radius 3 is 2.56 bits per heavy atom. The van der Waals surface area contributed by atoms with Crippen LogP contribution in [-0.4, -0.2) is 28.8 Å². The second-order valence-electron chi connectivity index (χ2n) is 6.25. The molecule has 5 heteroatoms. The van der Waals surface area contributed by atoms with Gasteiger partial charge in [-0.25, -0.2) is 0 Å². The number of hydrogen-bond donors (Lipinski definition) is 1. The highest BCUT2D eigenvalue weighted by Gasteiger charge is 2.20. The van der Waals surface area contributed by atoms with Crippen molar-refractivity contribution in [1.82, 2.24) is 15.5 Å². The SMILES string of the molecule is CC1CCN(c2nnc(CNC(C)(C)C)o2)CC1. The van der Waals surface area contributed by atoms with E-state index in [0.717, 1.165) is 19.0 Å². The van der Waals surface area contributed by atoms with Crippen molar-refractivity contribution in [3.05, 3.63) is 5.89 Å². The van der Waals surface area contributed by atoms with E-state index in [0.29, 0.717) is 18.5 Å². The van der Waals surface area contributed by atoms with Gasteiger partial charge in [-0.3, -0.25) is 0 Å². The van der Waals surface area contributed by atoms with Gasteiger partial charge in [-0.15, -0.1) is 5.10 Å². The minimum absolute atomic E-state index is 0.0647. The average molecular weight is 252 g/mol. The van der Waals surface area contributed by atoms with Crippen molar-refractivity contribution in [2.24, 2.45) is 5.92 Å². The molecule has 0 aliphatic carbocycles. The third-order valence-corrected chi connectivity index (χ3v) is 3.28. The summed E-state index contributed by atoms with van der Waals surface area (Å²) in [5.74, 6) is 1.48. The fourth-order valence-electron chi connectivity index (χ4n) is 1.98. The lowest BCUT2D eigenvalue weighted by atomic mass is 10.00. The summed E-state index contributed by atoms with van der Waals surface area (Å²) in [6, 6.07) is 0.674. The first-order valence-electron chi connectivity index (χ1n) is 6.76. The zero-order valence-electron chi connectivity index (χ0n) is 11.9. The molecule has 0 radical (unpaired) electrons. The first-order valence-corrected chi connectivity index (χ1v) is 6.76. The van der Waals surface area contributed by atoms with Gasteiger partial charge >= 0.3 is 6.01 Å². The van der Waals surface area contributed by atoms with Crippen LogP contribution in [0.2, 0.25) is 0 Å². The van der Waals surface area contributed by atoms with Gasteiger partial charge in [-0.2, -0.15) is 0 Å². The predicted molar refractivity (Wildman–Crippen MR) is 71.5 cm³/mol. The Labute approximate surface area is 109 Å². The third kappa shape index (κ3) is 3.70. The van der Waals surface area contributed by atoms with Crippen LogP contribution in [0.5, 0.6) is 0 Å². The Morgan fingerprint density at radius 2 is 1.94 bits per heavy atom. The van der Waals surface area contributed by atoms with E-state index in [1.165, 1.54) is 12.8 Å². The molecule has 1 fully saturated rings. The van der Waals surface area contributed by atoms with Gasteiger partial charge in [0.2, 0.25) is 5.89 Å². The molecule has 0 amide bonds. The molecule has 0 saturated carbocycles. The normalized spacial score (nSPS) is 18.3. The molecule has 1 N–H and O–H groups in total. The highest BCUT2D eigenvalue weighted by molar-refractivity contribution is 5.24. The van der Waals surface area contributed by atoms with E-state index in [1.807, 2.05) is 0 Å². The molecule has 2 heterocycles. The molecular formula is C13H24N4O. The summed E-state index contributed by atoms with van der Waals surface area (Å²) in [5, 5.41) is 11.6. The predicted octanol–water partition coefficient (Wildman–Crippen LogP) is 2.19. The summed E-state index contributed by atoms with van der Waals surface area (Å²) >= 11 is 0. The third-order valence-electron chi connectivity index (χ3n) is 3.28. The van der Waals surface area contributed by atoms with Crippen LogP contribution in [-0.2, 0) is 6.54 Å². The maximum atomic E-state index is 5.69. The number of anilines is 1. The molecule has 18 heavy (non-hydrogen) atoms. The van der Waals surface area contributed by atoms with E-state index in [4.69, 9.17) is 4.42 Å². The largest absolute Gasteiger partial charge is 0.407 e. The van der Waals surface area contributed by atoms with E-state index in [9.17, 15) is 0 Å². The Hall–Kier alpha value is -1.10. The average Bonchev–Trinajstić information content (AvgIpc) is 2.75. The van der Waals surface area contributed by atoms with Gasteiger partial charge in [0.05, 0.1) is 6.54 Å². The molecule has 2 rings (SSSR count). The number of nitrogens with zero attached hydrogens (tertiary/aromatic N) is 3. The van der Waals surface area contributed by atoms with Crippen molar-refractivity contribution in [2.45, 2.75) is 52.6 Å². The zero-order chi connectivity index (χ0) is 13.2. The quantitative estimate of drug-likeness (QED) is 0.893. The minimum atomic E-state index is 0.0647. The van der Waals surface area contributed by atoms with Gasteiger partial charge in [-0.1, -0.05) is 12.0 Å². The van der Waals surface area contributed by atoms with Gasteiger partial charge in [0.1, 0.15) is 0 Å². The lowest BCUT2D eigenvalue weighted by Gasteiger charge is -2.28. The standard InChI is InChI=1S/C13H24N4O/c1-10-5-7-17(8-6-10)12-16-15-11(18-12)9-14-13(2,3)4/h10,14H,5-9H2,1-4H3. The summed E-state index contributed by atoms with van der Waals surface area (Å²) in [7, 11) is 0. The number of piperidine rings is 1. The highest BCUT2D eigenvalue weighted by atomic mass is 16.4. The molecule has 5 nitrogen and oxygen atoms in total. The summed E-state index contributed by atoms with van der Waals surface area (Å²) in [5.41, 5.74) is 0.0647. The molecule has 1 aliphatic rings. The maximum Gasteiger partial charge on any atom is 0.318 e.